The maximum absolute atomic E-state index is 10.6. The molecule has 0 aliphatic carbocycles. The number of nitrogens with zero attached hydrogens (tertiary/aromatic N) is 1. The van der Waals surface area contributed by atoms with Crippen molar-refractivity contribution < 1.29 is 4.73 Å². The van der Waals surface area contributed by atoms with Gasteiger partial charge in [-0.15, -0.1) is 0 Å². The highest BCUT2D eigenvalue weighted by atomic mass is 35.5. The van der Waals surface area contributed by atoms with Crippen LogP contribution < -0.4 is 4.73 Å². The number of halogens is 1. The highest BCUT2D eigenvalue weighted by Gasteiger charge is 1.97. The Hall–Kier alpha value is -0.410. The second kappa shape index (κ2) is 2.45. The molecular weight excluding hydrogens is 158 g/mol. The molecule has 1 heterocycles. The van der Waals surface area contributed by atoms with Gasteiger partial charge in [0.05, 0.1) is 5.02 Å². The van der Waals surface area contributed by atoms with Crippen LogP contribution in [0.4, 0.5) is 0 Å². The quantitative estimate of drug-likeness (QED) is 0.346. The van der Waals surface area contributed by atoms with Gasteiger partial charge in [0.25, 0.3) is 0 Å². The van der Waals surface area contributed by atoms with Crippen molar-refractivity contribution in [3.05, 3.63) is 28.6 Å². The van der Waals surface area contributed by atoms with Crippen molar-refractivity contribution in [2.45, 2.75) is 5.03 Å². The minimum absolute atomic E-state index is 0.308. The maximum Gasteiger partial charge on any atom is 0.249 e. The van der Waals surface area contributed by atoms with Gasteiger partial charge in [-0.3, -0.25) is 0 Å². The number of hydrogen-bond donors (Lipinski definition) is 1. The van der Waals surface area contributed by atoms with Gasteiger partial charge in [-0.05, 0) is 0 Å². The van der Waals surface area contributed by atoms with Crippen molar-refractivity contribution in [3.63, 3.8) is 0 Å². The zero-order valence-electron chi connectivity index (χ0n) is 4.41. The Balaban J connectivity index is 3.17. The van der Waals surface area contributed by atoms with E-state index in [2.05, 4.69) is 12.6 Å². The largest absolute Gasteiger partial charge is 0.618 e. The van der Waals surface area contributed by atoms with Crippen molar-refractivity contribution in [3.8, 4) is 0 Å². The summed E-state index contributed by atoms with van der Waals surface area (Å²) in [5, 5.41) is 11.4. The molecule has 0 bridgehead atoms. The van der Waals surface area contributed by atoms with Gasteiger partial charge in [0, 0.05) is 12.1 Å². The summed E-state index contributed by atoms with van der Waals surface area (Å²) in [5.74, 6) is 0. The summed E-state index contributed by atoms with van der Waals surface area (Å²) in [4.78, 5) is 0. The van der Waals surface area contributed by atoms with Gasteiger partial charge in [0.2, 0.25) is 5.03 Å². The van der Waals surface area contributed by atoms with Gasteiger partial charge in [0.15, 0.2) is 6.20 Å². The molecule has 0 atom stereocenters. The normalized spacial score (nSPS) is 9.56. The van der Waals surface area contributed by atoms with Gasteiger partial charge in [0.1, 0.15) is 0 Å². The lowest BCUT2D eigenvalue weighted by molar-refractivity contribution is -0.645. The lowest BCUT2D eigenvalue weighted by atomic mass is 10.5. The fourth-order valence-corrected chi connectivity index (χ4v) is 0.892. The number of pyridine rings is 1. The van der Waals surface area contributed by atoms with Crippen LogP contribution in [0.3, 0.4) is 0 Å². The summed E-state index contributed by atoms with van der Waals surface area (Å²) in [6.07, 6.45) is 1.31. The van der Waals surface area contributed by atoms with Crippen LogP contribution in [0, 0.1) is 5.21 Å². The Kier molecular flexibility index (Phi) is 1.83. The molecule has 0 spiro atoms. The minimum Gasteiger partial charge on any atom is -0.618 e. The van der Waals surface area contributed by atoms with Crippen molar-refractivity contribution in [1.29, 1.82) is 0 Å². The maximum atomic E-state index is 10.6. The predicted molar refractivity (Wildman–Crippen MR) is 37.7 cm³/mol. The molecule has 1 rings (SSSR count). The Morgan fingerprint density at radius 3 is 2.78 bits per heavy atom. The topological polar surface area (TPSA) is 26.9 Å². The monoisotopic (exact) mass is 161 g/mol. The van der Waals surface area contributed by atoms with E-state index < -0.39 is 0 Å². The first kappa shape index (κ1) is 6.71. The second-order valence-corrected chi connectivity index (χ2v) is 2.42. The van der Waals surface area contributed by atoms with E-state index in [9.17, 15) is 5.21 Å². The number of thiol groups is 1. The van der Waals surface area contributed by atoms with E-state index in [0.29, 0.717) is 14.8 Å². The van der Waals surface area contributed by atoms with E-state index in [-0.39, 0.29) is 0 Å². The van der Waals surface area contributed by atoms with E-state index >= 15 is 0 Å². The standard InChI is InChI=1S/C5H4ClNOS/c6-4-1-2-7(8)5(9)3-4/h1-3,9H. The molecule has 0 saturated heterocycles. The fraction of sp³-hybridized carbons (Fsp3) is 0. The molecule has 0 amide bonds. The molecule has 0 unspecified atom stereocenters. The molecule has 0 aliphatic rings. The van der Waals surface area contributed by atoms with Gasteiger partial charge >= 0.3 is 0 Å². The molecule has 1 aromatic heterocycles. The molecule has 2 nitrogen and oxygen atoms in total. The summed E-state index contributed by atoms with van der Waals surface area (Å²) in [6.45, 7) is 0. The summed E-state index contributed by atoms with van der Waals surface area (Å²) >= 11 is 9.35. The third-order valence-corrected chi connectivity index (χ3v) is 1.42. The number of hydrogen-bond acceptors (Lipinski definition) is 2. The Bertz CT molecular complexity index is 228. The number of rotatable bonds is 0. The molecule has 0 saturated carbocycles. The third-order valence-electron chi connectivity index (χ3n) is 0.862. The van der Waals surface area contributed by atoms with Crippen molar-refractivity contribution >= 4 is 24.2 Å². The van der Waals surface area contributed by atoms with Gasteiger partial charge < -0.3 is 5.21 Å². The van der Waals surface area contributed by atoms with E-state index in [4.69, 9.17) is 11.6 Å². The van der Waals surface area contributed by atoms with Crippen LogP contribution in [0.1, 0.15) is 0 Å². The molecule has 0 aliphatic heterocycles. The first-order valence-corrected chi connectivity index (χ1v) is 3.10. The molecule has 0 aromatic carbocycles. The zero-order valence-corrected chi connectivity index (χ0v) is 6.06. The van der Waals surface area contributed by atoms with E-state index in [1.54, 1.807) is 0 Å². The van der Waals surface area contributed by atoms with Crippen molar-refractivity contribution in [1.82, 2.24) is 0 Å². The molecule has 1 aromatic rings. The molecule has 0 N–H and O–H groups in total. The highest BCUT2D eigenvalue weighted by molar-refractivity contribution is 7.80. The summed E-state index contributed by atoms with van der Waals surface area (Å²) in [7, 11) is 0. The third kappa shape index (κ3) is 1.50. The lowest BCUT2D eigenvalue weighted by Gasteiger charge is -1.96. The Morgan fingerprint density at radius 2 is 2.33 bits per heavy atom. The van der Waals surface area contributed by atoms with Crippen LogP contribution in [-0.4, -0.2) is 0 Å². The second-order valence-electron chi connectivity index (χ2n) is 1.53. The lowest BCUT2D eigenvalue weighted by Crippen LogP contribution is -2.26. The van der Waals surface area contributed by atoms with Crippen LogP contribution >= 0.6 is 24.2 Å². The fourth-order valence-electron chi connectivity index (χ4n) is 0.450. The van der Waals surface area contributed by atoms with Gasteiger partial charge in [-0.1, -0.05) is 24.2 Å². The summed E-state index contributed by atoms with van der Waals surface area (Å²) in [5.41, 5.74) is 0. The minimum atomic E-state index is 0.308. The first-order valence-electron chi connectivity index (χ1n) is 2.28. The number of aromatic nitrogens is 1. The predicted octanol–water partition coefficient (Wildman–Crippen LogP) is 1.26. The Labute approximate surface area is 63.1 Å². The van der Waals surface area contributed by atoms with Crippen LogP contribution in [-0.2, 0) is 0 Å². The molecule has 4 heteroatoms. The first-order chi connectivity index (χ1) is 4.20. The smallest absolute Gasteiger partial charge is 0.249 e. The van der Waals surface area contributed by atoms with Crippen molar-refractivity contribution in [2.24, 2.45) is 0 Å². The molecule has 9 heavy (non-hydrogen) atoms. The Morgan fingerprint density at radius 1 is 1.67 bits per heavy atom. The summed E-state index contributed by atoms with van der Waals surface area (Å²) < 4.78 is 0.634. The van der Waals surface area contributed by atoms with E-state index in [1.807, 2.05) is 0 Å². The zero-order chi connectivity index (χ0) is 6.85. The highest BCUT2D eigenvalue weighted by Crippen LogP contribution is 2.08. The van der Waals surface area contributed by atoms with E-state index in [1.165, 1.54) is 18.3 Å². The van der Waals surface area contributed by atoms with Crippen LogP contribution in [0.25, 0.3) is 0 Å². The molecule has 48 valence electrons. The molecule has 0 fully saturated rings. The van der Waals surface area contributed by atoms with Crippen LogP contribution in [0.2, 0.25) is 5.02 Å². The van der Waals surface area contributed by atoms with Crippen LogP contribution in [0.15, 0.2) is 23.4 Å². The van der Waals surface area contributed by atoms with E-state index in [0.717, 1.165) is 0 Å². The average Bonchev–Trinajstić information content (AvgIpc) is 1.80. The summed E-state index contributed by atoms with van der Waals surface area (Å²) in [6, 6.07) is 2.99. The van der Waals surface area contributed by atoms with Crippen molar-refractivity contribution in [2.75, 3.05) is 0 Å². The molecular formula is C5H4ClNOS. The average molecular weight is 162 g/mol. The van der Waals surface area contributed by atoms with Gasteiger partial charge in [-0.2, -0.15) is 4.73 Å². The molecule has 0 radical (unpaired) electrons. The van der Waals surface area contributed by atoms with Gasteiger partial charge in [-0.25, -0.2) is 0 Å². The van der Waals surface area contributed by atoms with Crippen LogP contribution in [0.5, 0.6) is 0 Å². The SMILES string of the molecule is [O-][n+]1ccc(Cl)cc1S.